The van der Waals surface area contributed by atoms with Crippen molar-refractivity contribution in [2.75, 3.05) is 18.5 Å². The summed E-state index contributed by atoms with van der Waals surface area (Å²) in [6.07, 6.45) is 0. The molecule has 2 heterocycles. The number of ether oxygens (including phenoxy) is 2. The van der Waals surface area contributed by atoms with Crippen LogP contribution in [0, 0.1) is 5.82 Å². The van der Waals surface area contributed by atoms with Crippen molar-refractivity contribution < 1.29 is 23.5 Å². The zero-order valence-corrected chi connectivity index (χ0v) is 15.0. The maximum atomic E-state index is 13.3. The standard InChI is InChI=1S/C18H15FN6O4/c19-12-3-1-2-11(8-12)17-22-24-25(23-17)10-16(26)21-18(27)20-13-4-5-14-15(9-13)29-7-6-28-14/h1-5,8-9H,6-7,10H2,(H2,20,21,26,27). The number of aromatic nitrogens is 4. The predicted molar refractivity (Wildman–Crippen MR) is 97.8 cm³/mol. The number of tetrazole rings is 1. The number of carbonyl (C=O) groups is 2. The molecule has 0 aliphatic carbocycles. The molecule has 0 radical (unpaired) electrons. The quantitative estimate of drug-likeness (QED) is 0.685. The van der Waals surface area contributed by atoms with Crippen LogP contribution in [-0.2, 0) is 11.3 Å². The molecular weight excluding hydrogens is 383 g/mol. The van der Waals surface area contributed by atoms with E-state index in [1.165, 1.54) is 18.2 Å². The van der Waals surface area contributed by atoms with Crippen LogP contribution in [0.25, 0.3) is 11.4 Å². The number of nitrogens with zero attached hydrogens (tertiary/aromatic N) is 4. The molecule has 0 fully saturated rings. The van der Waals surface area contributed by atoms with Crippen LogP contribution in [0.2, 0.25) is 0 Å². The molecule has 0 saturated carbocycles. The fourth-order valence-corrected chi connectivity index (χ4v) is 2.63. The lowest BCUT2D eigenvalue weighted by Crippen LogP contribution is -2.37. The first-order valence-corrected chi connectivity index (χ1v) is 8.61. The Morgan fingerprint density at radius 2 is 1.93 bits per heavy atom. The van der Waals surface area contributed by atoms with Crippen molar-refractivity contribution in [3.63, 3.8) is 0 Å². The smallest absolute Gasteiger partial charge is 0.325 e. The van der Waals surface area contributed by atoms with Crippen LogP contribution in [-0.4, -0.2) is 45.4 Å². The third-order valence-electron chi connectivity index (χ3n) is 3.87. The number of fused-ring (bicyclic) bond motifs is 1. The van der Waals surface area contributed by atoms with E-state index in [0.29, 0.717) is 36.0 Å². The molecule has 0 unspecified atom stereocenters. The van der Waals surface area contributed by atoms with Crippen LogP contribution >= 0.6 is 0 Å². The molecule has 1 aliphatic heterocycles. The number of benzene rings is 2. The second kappa shape index (κ2) is 7.92. The van der Waals surface area contributed by atoms with E-state index in [4.69, 9.17) is 9.47 Å². The highest BCUT2D eigenvalue weighted by molar-refractivity contribution is 6.01. The summed E-state index contributed by atoms with van der Waals surface area (Å²) >= 11 is 0. The number of rotatable bonds is 4. The van der Waals surface area contributed by atoms with Crippen LogP contribution in [0.5, 0.6) is 11.5 Å². The number of hydrogen-bond donors (Lipinski definition) is 2. The average molecular weight is 398 g/mol. The van der Waals surface area contributed by atoms with Gasteiger partial charge in [0.25, 0.3) is 5.91 Å². The summed E-state index contributed by atoms with van der Waals surface area (Å²) < 4.78 is 24.1. The van der Waals surface area contributed by atoms with E-state index in [9.17, 15) is 14.0 Å². The minimum absolute atomic E-state index is 0.165. The summed E-state index contributed by atoms with van der Waals surface area (Å²) in [5.41, 5.74) is 0.861. The van der Waals surface area contributed by atoms with Crippen LogP contribution in [0.1, 0.15) is 0 Å². The number of carbonyl (C=O) groups excluding carboxylic acids is 2. The van der Waals surface area contributed by atoms with Crippen LogP contribution < -0.4 is 20.1 Å². The number of imide groups is 1. The van der Waals surface area contributed by atoms with E-state index < -0.39 is 17.8 Å². The SMILES string of the molecule is O=C(Cn1nnc(-c2cccc(F)c2)n1)NC(=O)Nc1ccc2c(c1)OCCO2. The highest BCUT2D eigenvalue weighted by atomic mass is 19.1. The molecule has 3 aromatic rings. The molecule has 0 bridgehead atoms. The van der Waals surface area contributed by atoms with Gasteiger partial charge in [-0.25, -0.2) is 9.18 Å². The normalized spacial score (nSPS) is 12.3. The molecule has 3 amide bonds. The van der Waals surface area contributed by atoms with Gasteiger partial charge in [-0.3, -0.25) is 10.1 Å². The van der Waals surface area contributed by atoms with E-state index in [1.54, 1.807) is 24.3 Å². The lowest BCUT2D eigenvalue weighted by Gasteiger charge is -2.19. The highest BCUT2D eigenvalue weighted by Crippen LogP contribution is 2.32. The van der Waals surface area contributed by atoms with Gasteiger partial charge in [0.15, 0.2) is 11.5 Å². The first-order valence-electron chi connectivity index (χ1n) is 8.61. The first-order chi connectivity index (χ1) is 14.1. The Morgan fingerprint density at radius 3 is 2.76 bits per heavy atom. The number of nitrogens with one attached hydrogen (secondary N) is 2. The van der Waals surface area contributed by atoms with Gasteiger partial charge in [-0.2, -0.15) is 4.80 Å². The maximum absolute atomic E-state index is 13.3. The Hall–Kier alpha value is -4.02. The fourth-order valence-electron chi connectivity index (χ4n) is 2.63. The van der Waals surface area contributed by atoms with Crippen molar-refractivity contribution in [1.29, 1.82) is 0 Å². The van der Waals surface area contributed by atoms with Gasteiger partial charge in [0.05, 0.1) is 0 Å². The van der Waals surface area contributed by atoms with Gasteiger partial charge < -0.3 is 14.8 Å². The maximum Gasteiger partial charge on any atom is 0.325 e. The van der Waals surface area contributed by atoms with Gasteiger partial charge in [0, 0.05) is 17.3 Å². The van der Waals surface area contributed by atoms with Crippen molar-refractivity contribution in [3.05, 3.63) is 48.3 Å². The van der Waals surface area contributed by atoms with Crippen molar-refractivity contribution in [3.8, 4) is 22.9 Å². The van der Waals surface area contributed by atoms with Crippen molar-refractivity contribution >= 4 is 17.6 Å². The van der Waals surface area contributed by atoms with E-state index in [2.05, 4.69) is 26.0 Å². The Morgan fingerprint density at radius 1 is 1.10 bits per heavy atom. The van der Waals surface area contributed by atoms with Gasteiger partial charge in [-0.15, -0.1) is 10.2 Å². The molecule has 4 rings (SSSR count). The summed E-state index contributed by atoms with van der Waals surface area (Å²) in [6.45, 7) is 0.548. The number of amides is 3. The molecule has 0 spiro atoms. The van der Waals surface area contributed by atoms with Gasteiger partial charge in [-0.05, 0) is 29.5 Å². The molecular formula is C18H15FN6O4. The zero-order chi connectivity index (χ0) is 20.2. The lowest BCUT2D eigenvalue weighted by atomic mass is 10.2. The summed E-state index contributed by atoms with van der Waals surface area (Å²) in [4.78, 5) is 25.1. The van der Waals surface area contributed by atoms with Crippen LogP contribution in [0.15, 0.2) is 42.5 Å². The zero-order valence-electron chi connectivity index (χ0n) is 15.0. The second-order valence-electron chi connectivity index (χ2n) is 6.01. The van der Waals surface area contributed by atoms with Crippen molar-refractivity contribution in [2.24, 2.45) is 0 Å². The lowest BCUT2D eigenvalue weighted by molar-refractivity contribution is -0.120. The molecule has 2 N–H and O–H groups in total. The first kappa shape index (κ1) is 18.3. The second-order valence-corrected chi connectivity index (χ2v) is 6.01. The molecule has 11 heteroatoms. The van der Waals surface area contributed by atoms with Gasteiger partial charge >= 0.3 is 6.03 Å². The number of hydrogen-bond acceptors (Lipinski definition) is 7. The van der Waals surface area contributed by atoms with Gasteiger partial charge in [0.2, 0.25) is 5.82 Å². The Bertz CT molecular complexity index is 1070. The molecule has 29 heavy (non-hydrogen) atoms. The highest BCUT2D eigenvalue weighted by Gasteiger charge is 2.15. The number of urea groups is 1. The van der Waals surface area contributed by atoms with E-state index in [1.807, 2.05) is 0 Å². The van der Waals surface area contributed by atoms with Gasteiger partial charge in [-0.1, -0.05) is 12.1 Å². The Kier molecular flexibility index (Phi) is 5.01. The molecule has 10 nitrogen and oxygen atoms in total. The number of halogens is 1. The van der Waals surface area contributed by atoms with Crippen molar-refractivity contribution in [1.82, 2.24) is 25.5 Å². The minimum Gasteiger partial charge on any atom is -0.486 e. The van der Waals surface area contributed by atoms with Crippen LogP contribution in [0.4, 0.5) is 14.9 Å². The Labute approximate surface area is 163 Å². The largest absolute Gasteiger partial charge is 0.486 e. The van der Waals surface area contributed by atoms with E-state index >= 15 is 0 Å². The van der Waals surface area contributed by atoms with Crippen molar-refractivity contribution in [2.45, 2.75) is 6.54 Å². The summed E-state index contributed by atoms with van der Waals surface area (Å²) in [6, 6.07) is 9.84. The molecule has 148 valence electrons. The van der Waals surface area contributed by atoms with E-state index in [0.717, 1.165) is 4.80 Å². The van der Waals surface area contributed by atoms with Gasteiger partial charge in [0.1, 0.15) is 25.6 Å². The summed E-state index contributed by atoms with van der Waals surface area (Å²) in [5, 5.41) is 16.2. The third-order valence-corrected chi connectivity index (χ3v) is 3.87. The third kappa shape index (κ3) is 4.46. The molecule has 1 aliphatic rings. The summed E-state index contributed by atoms with van der Waals surface area (Å²) in [5.74, 6) is 0.176. The van der Waals surface area contributed by atoms with Crippen LogP contribution in [0.3, 0.4) is 0 Å². The predicted octanol–water partition coefficient (Wildman–Crippen LogP) is 1.60. The molecule has 2 aromatic carbocycles. The fraction of sp³-hybridized carbons (Fsp3) is 0.167. The van der Waals surface area contributed by atoms with E-state index in [-0.39, 0.29) is 12.4 Å². The molecule has 0 atom stereocenters. The topological polar surface area (TPSA) is 120 Å². The molecule has 0 saturated heterocycles. The average Bonchev–Trinajstić information content (AvgIpc) is 3.16. The Balaban J connectivity index is 1.33. The summed E-state index contributed by atoms with van der Waals surface area (Å²) in [7, 11) is 0. The number of anilines is 1. The minimum atomic E-state index is -0.725. The monoisotopic (exact) mass is 398 g/mol. The molecule has 1 aromatic heterocycles.